The monoisotopic (exact) mass is 247 g/mol. The Balaban J connectivity index is 1.91. The summed E-state index contributed by atoms with van der Waals surface area (Å²) in [6.45, 7) is 0. The maximum Gasteiger partial charge on any atom is 0.288 e. The predicted octanol–water partition coefficient (Wildman–Crippen LogP) is 1.22. The summed E-state index contributed by atoms with van der Waals surface area (Å²) in [7, 11) is 0. The smallest absolute Gasteiger partial charge is 0.266 e. The van der Waals surface area contributed by atoms with Crippen molar-refractivity contribution in [2.45, 2.75) is 0 Å². The van der Waals surface area contributed by atoms with E-state index in [0.29, 0.717) is 4.88 Å². The zero-order valence-electron chi connectivity index (χ0n) is 8.71. The SMILES string of the molecule is O=C(NNC(=O)c1cccs1)c1ccccn1. The molecule has 2 N–H and O–H groups in total. The molecule has 0 aliphatic heterocycles. The minimum atomic E-state index is -0.449. The molecule has 0 saturated carbocycles. The van der Waals surface area contributed by atoms with Gasteiger partial charge in [-0.15, -0.1) is 11.3 Å². The van der Waals surface area contributed by atoms with Crippen LogP contribution in [-0.4, -0.2) is 16.8 Å². The Morgan fingerprint density at radius 2 is 1.88 bits per heavy atom. The van der Waals surface area contributed by atoms with E-state index in [1.807, 2.05) is 0 Å². The van der Waals surface area contributed by atoms with Crippen molar-refractivity contribution >= 4 is 23.2 Å². The second kappa shape index (κ2) is 5.22. The van der Waals surface area contributed by atoms with E-state index in [9.17, 15) is 9.59 Å². The highest BCUT2D eigenvalue weighted by atomic mass is 32.1. The summed E-state index contributed by atoms with van der Waals surface area (Å²) in [6.07, 6.45) is 1.51. The second-order valence-electron chi connectivity index (χ2n) is 3.10. The summed E-state index contributed by atoms with van der Waals surface area (Å²) in [6, 6.07) is 8.41. The van der Waals surface area contributed by atoms with Crippen molar-refractivity contribution in [3.8, 4) is 0 Å². The summed E-state index contributed by atoms with van der Waals surface area (Å²) < 4.78 is 0. The molecule has 17 heavy (non-hydrogen) atoms. The maximum absolute atomic E-state index is 11.5. The van der Waals surface area contributed by atoms with Gasteiger partial charge < -0.3 is 0 Å². The van der Waals surface area contributed by atoms with E-state index in [1.54, 1.807) is 35.7 Å². The van der Waals surface area contributed by atoms with Crippen LogP contribution in [0.15, 0.2) is 41.9 Å². The lowest BCUT2D eigenvalue weighted by Gasteiger charge is -2.05. The van der Waals surface area contributed by atoms with Gasteiger partial charge in [0.1, 0.15) is 5.69 Å². The van der Waals surface area contributed by atoms with Gasteiger partial charge in [-0.25, -0.2) is 0 Å². The van der Waals surface area contributed by atoms with Crippen LogP contribution in [0.25, 0.3) is 0 Å². The molecule has 2 heterocycles. The molecule has 0 aromatic carbocycles. The van der Waals surface area contributed by atoms with E-state index >= 15 is 0 Å². The fraction of sp³-hybridized carbons (Fsp3) is 0. The lowest BCUT2D eigenvalue weighted by Crippen LogP contribution is -2.41. The molecule has 2 rings (SSSR count). The number of nitrogens with zero attached hydrogens (tertiary/aromatic N) is 1. The van der Waals surface area contributed by atoms with Gasteiger partial charge in [0.15, 0.2) is 0 Å². The molecule has 0 bridgehead atoms. The van der Waals surface area contributed by atoms with Crippen LogP contribution in [0.4, 0.5) is 0 Å². The highest BCUT2D eigenvalue weighted by Crippen LogP contribution is 2.07. The number of rotatable bonds is 2. The summed E-state index contributed by atoms with van der Waals surface area (Å²) in [5.41, 5.74) is 4.86. The number of hydrogen-bond donors (Lipinski definition) is 2. The molecular formula is C11H9N3O2S. The quantitative estimate of drug-likeness (QED) is 0.784. The van der Waals surface area contributed by atoms with E-state index in [1.165, 1.54) is 17.5 Å². The molecule has 0 radical (unpaired) electrons. The molecule has 2 aromatic rings. The summed E-state index contributed by atoms with van der Waals surface area (Å²) >= 11 is 1.30. The first-order valence-corrected chi connectivity index (χ1v) is 5.70. The largest absolute Gasteiger partial charge is 0.288 e. The van der Waals surface area contributed by atoms with E-state index in [4.69, 9.17) is 0 Å². The Morgan fingerprint density at radius 3 is 2.53 bits per heavy atom. The first kappa shape index (κ1) is 11.3. The summed E-state index contributed by atoms with van der Waals surface area (Å²) in [4.78, 5) is 27.4. The van der Waals surface area contributed by atoms with Crippen molar-refractivity contribution in [2.24, 2.45) is 0 Å². The molecule has 86 valence electrons. The molecule has 2 amide bonds. The standard InChI is InChI=1S/C11H9N3O2S/c15-10(8-4-1-2-6-12-8)13-14-11(16)9-5-3-7-17-9/h1-7H,(H,13,15)(H,14,16). The van der Waals surface area contributed by atoms with Crippen molar-refractivity contribution in [3.63, 3.8) is 0 Å². The molecule has 0 spiro atoms. The van der Waals surface area contributed by atoms with Crippen LogP contribution in [0.2, 0.25) is 0 Å². The van der Waals surface area contributed by atoms with Gasteiger partial charge in [0.05, 0.1) is 4.88 Å². The highest BCUT2D eigenvalue weighted by molar-refractivity contribution is 7.12. The Labute approximate surface area is 101 Å². The van der Waals surface area contributed by atoms with Crippen LogP contribution in [0.5, 0.6) is 0 Å². The zero-order valence-corrected chi connectivity index (χ0v) is 9.53. The van der Waals surface area contributed by atoms with Crippen molar-refractivity contribution in [3.05, 3.63) is 52.5 Å². The van der Waals surface area contributed by atoms with Crippen molar-refractivity contribution in [1.82, 2.24) is 15.8 Å². The number of aromatic nitrogens is 1. The van der Waals surface area contributed by atoms with Crippen molar-refractivity contribution in [1.29, 1.82) is 0 Å². The minimum absolute atomic E-state index is 0.249. The van der Waals surface area contributed by atoms with Gasteiger partial charge in [-0.3, -0.25) is 25.4 Å². The number of nitrogens with one attached hydrogen (secondary N) is 2. The summed E-state index contributed by atoms with van der Waals surface area (Å²) in [5.74, 6) is -0.792. The molecule has 0 aliphatic carbocycles. The van der Waals surface area contributed by atoms with Crippen LogP contribution in [-0.2, 0) is 0 Å². The van der Waals surface area contributed by atoms with Crippen LogP contribution in [0.3, 0.4) is 0 Å². The Morgan fingerprint density at radius 1 is 1.06 bits per heavy atom. The average Bonchev–Trinajstić information content (AvgIpc) is 2.90. The molecule has 2 aromatic heterocycles. The highest BCUT2D eigenvalue weighted by Gasteiger charge is 2.09. The third-order valence-corrected chi connectivity index (χ3v) is 2.80. The number of carbonyl (C=O) groups excluding carboxylic acids is 2. The van der Waals surface area contributed by atoms with Crippen LogP contribution < -0.4 is 10.9 Å². The fourth-order valence-corrected chi connectivity index (χ4v) is 1.76. The number of hydrazine groups is 1. The maximum atomic E-state index is 11.5. The van der Waals surface area contributed by atoms with Crippen molar-refractivity contribution < 1.29 is 9.59 Å². The number of amides is 2. The summed E-state index contributed by atoms with van der Waals surface area (Å²) in [5, 5.41) is 1.79. The van der Waals surface area contributed by atoms with Gasteiger partial charge in [0.25, 0.3) is 11.8 Å². The molecular weight excluding hydrogens is 238 g/mol. The molecule has 0 saturated heterocycles. The normalized spacial score (nSPS) is 9.65. The number of thiophene rings is 1. The first-order valence-electron chi connectivity index (χ1n) is 4.82. The van der Waals surface area contributed by atoms with Gasteiger partial charge in [0, 0.05) is 6.20 Å². The third kappa shape index (κ3) is 2.88. The third-order valence-electron chi connectivity index (χ3n) is 1.93. The van der Waals surface area contributed by atoms with E-state index in [2.05, 4.69) is 15.8 Å². The van der Waals surface area contributed by atoms with Gasteiger partial charge in [-0.1, -0.05) is 12.1 Å². The first-order chi connectivity index (χ1) is 8.27. The van der Waals surface area contributed by atoms with Gasteiger partial charge >= 0.3 is 0 Å². The number of carbonyl (C=O) groups is 2. The Bertz CT molecular complexity index is 511. The van der Waals surface area contributed by atoms with Gasteiger partial charge in [-0.2, -0.15) is 0 Å². The van der Waals surface area contributed by atoms with Gasteiger partial charge in [-0.05, 0) is 23.6 Å². The van der Waals surface area contributed by atoms with E-state index in [0.717, 1.165) is 0 Å². The predicted molar refractivity (Wildman–Crippen MR) is 63.5 cm³/mol. The molecule has 0 unspecified atom stereocenters. The molecule has 0 aliphatic rings. The lowest BCUT2D eigenvalue weighted by atomic mass is 10.3. The minimum Gasteiger partial charge on any atom is -0.266 e. The number of hydrogen-bond acceptors (Lipinski definition) is 4. The topological polar surface area (TPSA) is 71.1 Å². The molecule has 5 nitrogen and oxygen atoms in total. The fourth-order valence-electron chi connectivity index (χ4n) is 1.14. The van der Waals surface area contributed by atoms with Crippen molar-refractivity contribution in [2.75, 3.05) is 0 Å². The molecule has 0 fully saturated rings. The molecule has 0 atom stereocenters. The second-order valence-corrected chi connectivity index (χ2v) is 4.05. The number of pyridine rings is 1. The molecule has 6 heteroatoms. The van der Waals surface area contributed by atoms with E-state index in [-0.39, 0.29) is 11.6 Å². The Kier molecular flexibility index (Phi) is 3.46. The van der Waals surface area contributed by atoms with Gasteiger partial charge in [0.2, 0.25) is 0 Å². The Hall–Kier alpha value is -2.21. The van der Waals surface area contributed by atoms with Crippen LogP contribution >= 0.6 is 11.3 Å². The average molecular weight is 247 g/mol. The van der Waals surface area contributed by atoms with Crippen LogP contribution in [0.1, 0.15) is 20.2 Å². The van der Waals surface area contributed by atoms with E-state index < -0.39 is 5.91 Å². The van der Waals surface area contributed by atoms with Crippen LogP contribution in [0, 0.1) is 0 Å². The lowest BCUT2D eigenvalue weighted by molar-refractivity contribution is 0.0846. The zero-order chi connectivity index (χ0) is 12.1.